The van der Waals surface area contributed by atoms with Crippen LogP contribution in [-0.2, 0) is 70.9 Å². The highest BCUT2D eigenvalue weighted by Crippen LogP contribution is 2.49. The molecule has 129 heavy (non-hydrogen) atoms. The molecule has 22 nitrogen and oxygen atoms in total. The van der Waals surface area contributed by atoms with Gasteiger partial charge in [-0.25, -0.2) is 4.39 Å². The van der Waals surface area contributed by atoms with Crippen molar-refractivity contribution < 1.29 is 87.0 Å². The zero-order valence-corrected chi connectivity index (χ0v) is 74.9. The Labute approximate surface area is 743 Å². The summed E-state index contributed by atoms with van der Waals surface area (Å²) in [6.45, 7) is 24.6. The van der Waals surface area contributed by atoms with Crippen LogP contribution in [-0.4, -0.2) is 221 Å². The number of likely N-dealkylation sites (N-methyl/N-ethyl adjacent to an activating group) is 3. The Morgan fingerprint density at radius 1 is 0.442 bits per heavy atom. The number of hydrogen-bond acceptors (Lipinski definition) is 13. The lowest BCUT2D eigenvalue weighted by Gasteiger charge is -2.52. The van der Waals surface area contributed by atoms with Crippen molar-refractivity contribution in [1.82, 2.24) is 62.5 Å². The highest BCUT2D eigenvalue weighted by atomic mass is 19.4. The number of likely N-dealkylation sites (tertiary alicyclic amines) is 4. The molecule has 5 amide bonds. The van der Waals surface area contributed by atoms with Gasteiger partial charge in [-0.1, -0.05) is 58.0 Å². The summed E-state index contributed by atoms with van der Waals surface area (Å²) in [6, 6.07) is 38.5. The predicted octanol–water partition coefficient (Wildman–Crippen LogP) is 16.8. The Morgan fingerprint density at radius 2 is 0.868 bits per heavy atom. The number of ketones is 3. The number of hydrogen-bond donors (Lipinski definition) is 0. The standard InChI is InChI=1S/C25H29F4N3O3.C25H33N3O2.C24H26N4O2.C23H23F6N3O2/c1-4-22(33)32-14-13-31-20(7-8-21(31)25(27,28)29)24(32)9-11-30(12-10-24)23(34)18-6-5-17(15-19(18)26)35-16(2)3;1-18(29)21-10-11-22-25(26(5)16-17-28(21)22)12-14-27(15-13-25)23(30)19-6-8-20(9-7-19)24(2,3)4;1-17(29)20-8-9-21-24(26(2)15-16-28(20)21)10-13-27(14-11-24)23(30)19-7-3-5-18-6-4-12-25-22(18)19;1-14-13-15(3-4-16(14)22(24,25)26)20(34)31-9-7-21(8-10-31)18-6-5-17(19(33)23(27,28)29)32(18)12-11-30(21)2/h5-8,15-16H,4,9-14H2,1-3H3;6-11H,12-17H2,1-5H3;3-9,12H,10-11,13-16H2,1-2H3;3-6,13H,7-12H2,1-2H3. The van der Waals surface area contributed by atoms with E-state index in [1.165, 1.54) is 74.3 Å². The summed E-state index contributed by atoms with van der Waals surface area (Å²) in [5.74, 6) is -2.90. The fourth-order valence-electron chi connectivity index (χ4n) is 20.7. The van der Waals surface area contributed by atoms with Gasteiger partial charge in [0.05, 0.1) is 67.5 Å². The second-order valence-corrected chi connectivity index (χ2v) is 36.5. The maximum Gasteiger partial charge on any atom is 0.456 e. The molecular formula is C97H111F10N13O9. The van der Waals surface area contributed by atoms with E-state index >= 15 is 0 Å². The fraction of sp³-hybridized carbons (Fsp3) is 0.474. The minimum Gasteiger partial charge on any atom is -0.491 e. The zero-order valence-electron chi connectivity index (χ0n) is 74.9. The molecule has 4 aromatic carbocycles. The number of halogens is 10. The normalized spacial score (nSPS) is 18.5. The number of aromatic nitrogens is 5. The van der Waals surface area contributed by atoms with E-state index in [1.807, 2.05) is 90.2 Å². The average Bonchev–Trinajstić information content (AvgIpc) is 1.64. The smallest absolute Gasteiger partial charge is 0.456 e. The van der Waals surface area contributed by atoms with Crippen molar-refractivity contribution in [3.05, 3.63) is 236 Å². The minimum atomic E-state index is -4.97. The van der Waals surface area contributed by atoms with Crippen LogP contribution in [0.5, 0.6) is 5.75 Å². The summed E-state index contributed by atoms with van der Waals surface area (Å²) in [7, 11) is 6.20. The molecular weight excluding hydrogens is 1680 g/mol. The lowest BCUT2D eigenvalue weighted by molar-refractivity contribution is -0.148. The van der Waals surface area contributed by atoms with Gasteiger partial charge in [-0.05, 0) is 213 Å². The van der Waals surface area contributed by atoms with Crippen molar-refractivity contribution in [2.45, 2.75) is 198 Å². The molecule has 4 saturated heterocycles. The van der Waals surface area contributed by atoms with Crippen LogP contribution in [0, 0.1) is 12.7 Å². The summed E-state index contributed by atoms with van der Waals surface area (Å²) < 4.78 is 146. The van der Waals surface area contributed by atoms with Crippen LogP contribution in [0.4, 0.5) is 43.9 Å². The second kappa shape index (κ2) is 36.2. The number of carbonyl (C=O) groups is 8. The Morgan fingerprint density at radius 3 is 1.31 bits per heavy atom. The molecule has 0 radical (unpaired) electrons. The third kappa shape index (κ3) is 18.1. The number of carbonyl (C=O) groups excluding carboxylic acids is 8. The van der Waals surface area contributed by atoms with Gasteiger partial charge in [-0.2, -0.15) is 39.5 Å². The fourth-order valence-corrected chi connectivity index (χ4v) is 20.7. The molecule has 8 aliphatic rings. The maximum atomic E-state index is 14.7. The van der Waals surface area contributed by atoms with E-state index in [0.29, 0.717) is 55.2 Å². The number of rotatable bonds is 10. The van der Waals surface area contributed by atoms with Gasteiger partial charge in [0, 0.05) is 177 Å². The summed E-state index contributed by atoms with van der Waals surface area (Å²) in [5.41, 5.74) is 4.86. The molecule has 0 saturated carbocycles. The van der Waals surface area contributed by atoms with E-state index in [1.54, 1.807) is 42.8 Å². The molecule has 32 heteroatoms. The molecule has 5 aromatic heterocycles. The van der Waals surface area contributed by atoms with Gasteiger partial charge in [-0.15, -0.1) is 0 Å². The third-order valence-electron chi connectivity index (χ3n) is 27.9. The zero-order chi connectivity index (χ0) is 93.2. The molecule has 0 unspecified atom stereocenters. The molecule has 0 atom stereocenters. The minimum absolute atomic E-state index is 0.0430. The quantitative estimate of drug-likeness (QED) is 0.0924. The topological polar surface area (TPSA) is 204 Å². The number of ether oxygens (including phenoxy) is 1. The van der Waals surface area contributed by atoms with Gasteiger partial charge < -0.3 is 47.5 Å². The molecule has 0 N–H and O–H groups in total. The van der Waals surface area contributed by atoms with E-state index in [0.717, 1.165) is 111 Å². The van der Waals surface area contributed by atoms with Crippen molar-refractivity contribution in [3.63, 3.8) is 0 Å². The Hall–Kier alpha value is -11.3. The molecule has 0 bridgehead atoms. The van der Waals surface area contributed by atoms with E-state index in [2.05, 4.69) is 83.1 Å². The molecule has 9 aromatic rings. The van der Waals surface area contributed by atoms with Crippen LogP contribution in [0.2, 0.25) is 0 Å². The number of benzene rings is 4. The number of aryl methyl sites for hydroxylation is 1. The van der Waals surface area contributed by atoms with E-state index in [-0.39, 0.29) is 134 Å². The molecule has 13 heterocycles. The number of nitrogens with zero attached hydrogens (tertiary/aromatic N) is 13. The predicted molar refractivity (Wildman–Crippen MR) is 466 cm³/mol. The number of Topliss-reactive ketones (excluding diaryl/α,β-unsaturated/α-hetero) is 3. The van der Waals surface area contributed by atoms with Crippen LogP contribution in [0.15, 0.2) is 146 Å². The first-order chi connectivity index (χ1) is 60.9. The van der Waals surface area contributed by atoms with Gasteiger partial charge in [-0.3, -0.25) is 58.0 Å². The lowest BCUT2D eigenvalue weighted by atomic mass is 9.80. The van der Waals surface area contributed by atoms with E-state index < -0.39 is 70.0 Å². The van der Waals surface area contributed by atoms with Crippen molar-refractivity contribution >= 4 is 57.8 Å². The summed E-state index contributed by atoms with van der Waals surface area (Å²) >= 11 is 0. The van der Waals surface area contributed by atoms with Crippen LogP contribution < -0.4 is 4.74 Å². The molecule has 8 aliphatic heterocycles. The number of fused-ring (bicyclic) bond motifs is 9. The first-order valence-electron chi connectivity index (χ1n) is 44.1. The van der Waals surface area contributed by atoms with Crippen molar-refractivity contribution in [3.8, 4) is 5.75 Å². The molecule has 17 rings (SSSR count). The molecule has 0 aliphatic carbocycles. The highest BCUT2D eigenvalue weighted by Gasteiger charge is 2.53. The monoisotopic (exact) mass is 1790 g/mol. The van der Waals surface area contributed by atoms with Crippen LogP contribution in [0.3, 0.4) is 0 Å². The number of alkyl halides is 9. The van der Waals surface area contributed by atoms with Crippen LogP contribution in [0.1, 0.15) is 231 Å². The van der Waals surface area contributed by atoms with Gasteiger partial charge >= 0.3 is 18.5 Å². The van der Waals surface area contributed by atoms with Crippen LogP contribution >= 0.6 is 0 Å². The maximum absolute atomic E-state index is 14.7. The van der Waals surface area contributed by atoms with Crippen molar-refractivity contribution in [2.75, 3.05) is 99.7 Å². The number of pyridine rings is 1. The van der Waals surface area contributed by atoms with Gasteiger partial charge in [0.15, 0.2) is 11.6 Å². The number of piperidine rings is 4. The highest BCUT2D eigenvalue weighted by molar-refractivity contribution is 6.05. The van der Waals surface area contributed by atoms with Crippen molar-refractivity contribution in [1.29, 1.82) is 0 Å². The molecule has 4 spiro atoms. The lowest BCUT2D eigenvalue weighted by Crippen LogP contribution is -2.59. The number of para-hydroxylation sites is 1. The molecule has 688 valence electrons. The van der Waals surface area contributed by atoms with Crippen LogP contribution in [0.25, 0.3) is 10.9 Å². The van der Waals surface area contributed by atoms with Gasteiger partial charge in [0.1, 0.15) is 17.3 Å². The Balaban J connectivity index is 0.000000139. The molecule has 4 fully saturated rings. The first-order valence-corrected chi connectivity index (χ1v) is 44.1. The van der Waals surface area contributed by atoms with Crippen molar-refractivity contribution in [2.24, 2.45) is 0 Å². The summed E-state index contributed by atoms with van der Waals surface area (Å²) in [6.07, 6.45) is -7.31. The van der Waals surface area contributed by atoms with E-state index in [4.69, 9.17) is 4.74 Å². The first kappa shape index (κ1) is 93.9. The largest absolute Gasteiger partial charge is 0.491 e. The SMILES string of the molecule is CC(=O)c1ccc2n1CCN(C)C21CCN(C(=O)c2ccc(C(C)(C)C)cc2)CC1.CC(=O)c1ccc2n1CCN(C)C21CCN(C(=O)c2cccc3cccnc23)CC1.CCC(=O)N1CCn2c(C(F)(F)F)ccc2C12CCN(C(=O)c1ccc(OC(C)C)cc1F)CC2.Cc1cc(C(=O)N2CCC3(CC2)c2ccc(C(=O)C(F)(F)F)n2CCN3C)ccc1C(F)(F)F. The van der Waals surface area contributed by atoms with Gasteiger partial charge in [0.25, 0.3) is 29.4 Å². The van der Waals surface area contributed by atoms with E-state index in [9.17, 15) is 82.3 Å². The second-order valence-electron chi connectivity index (χ2n) is 36.5. The average molecular weight is 1790 g/mol. The Bertz CT molecular complexity index is 5740. The summed E-state index contributed by atoms with van der Waals surface area (Å²) in [4.78, 5) is 121. The summed E-state index contributed by atoms with van der Waals surface area (Å²) in [5, 5.41) is 0.985. The van der Waals surface area contributed by atoms with Gasteiger partial charge in [0.2, 0.25) is 5.91 Å². The Kier molecular flexibility index (Phi) is 26.4. The third-order valence-corrected chi connectivity index (χ3v) is 27.9. The number of amides is 5.